The minimum absolute atomic E-state index is 0.0178. The van der Waals surface area contributed by atoms with Gasteiger partial charge in [-0.15, -0.1) is 0 Å². The lowest BCUT2D eigenvalue weighted by Gasteiger charge is -2.29. The van der Waals surface area contributed by atoms with Crippen molar-refractivity contribution >= 4 is 11.9 Å². The molecule has 0 spiro atoms. The van der Waals surface area contributed by atoms with Gasteiger partial charge >= 0.3 is 5.97 Å². The summed E-state index contributed by atoms with van der Waals surface area (Å²) in [7, 11) is 0. The molecule has 18 heavy (non-hydrogen) atoms. The summed E-state index contributed by atoms with van der Waals surface area (Å²) in [6, 6.07) is 0. The van der Waals surface area contributed by atoms with Crippen LogP contribution in [0, 0.1) is 5.92 Å². The summed E-state index contributed by atoms with van der Waals surface area (Å²) in [6.45, 7) is 2.68. The van der Waals surface area contributed by atoms with Gasteiger partial charge in [0.05, 0.1) is 13.1 Å². The van der Waals surface area contributed by atoms with E-state index in [1.165, 1.54) is 19.3 Å². The van der Waals surface area contributed by atoms with Gasteiger partial charge in [0.1, 0.15) is 0 Å². The fraction of sp³-hybridized carbons (Fsp3) is 0.846. The molecule has 5 heteroatoms. The summed E-state index contributed by atoms with van der Waals surface area (Å²) in [5.41, 5.74) is 0. The lowest BCUT2D eigenvalue weighted by atomic mass is 10.1. The Kier molecular flexibility index (Phi) is 4.58. The Hall–Kier alpha value is -1.10. The van der Waals surface area contributed by atoms with E-state index in [1.54, 1.807) is 4.90 Å². The van der Waals surface area contributed by atoms with Crippen molar-refractivity contribution in [1.29, 1.82) is 0 Å². The molecule has 2 fully saturated rings. The number of hydrogen-bond acceptors (Lipinski definition) is 3. The third-order valence-electron chi connectivity index (χ3n) is 3.64. The molecule has 0 bridgehead atoms. The molecule has 0 aromatic rings. The molecule has 2 rings (SSSR count). The number of nitrogens with zero attached hydrogens (tertiary/aromatic N) is 2. The van der Waals surface area contributed by atoms with Gasteiger partial charge < -0.3 is 10.0 Å². The lowest BCUT2D eigenvalue weighted by Crippen LogP contribution is -2.44. The highest BCUT2D eigenvalue weighted by Crippen LogP contribution is 2.29. The normalized spacial score (nSPS) is 20.2. The highest BCUT2D eigenvalue weighted by molar-refractivity contribution is 5.79. The monoisotopic (exact) mass is 254 g/mol. The summed E-state index contributed by atoms with van der Waals surface area (Å²) < 4.78 is 0. The quantitative estimate of drug-likeness (QED) is 0.761. The summed E-state index contributed by atoms with van der Waals surface area (Å²) >= 11 is 0. The molecule has 102 valence electrons. The first-order valence-corrected chi connectivity index (χ1v) is 6.87. The minimum atomic E-state index is -0.845. The Morgan fingerprint density at radius 2 is 1.78 bits per heavy atom. The van der Waals surface area contributed by atoms with Crippen LogP contribution in [0.2, 0.25) is 0 Å². The molecule has 0 unspecified atom stereocenters. The molecule has 0 radical (unpaired) electrons. The van der Waals surface area contributed by atoms with Crippen molar-refractivity contribution in [3.63, 3.8) is 0 Å². The zero-order valence-corrected chi connectivity index (χ0v) is 10.8. The number of likely N-dealkylation sites (tertiary alicyclic amines) is 1. The van der Waals surface area contributed by atoms with Gasteiger partial charge in [-0.25, -0.2) is 0 Å². The Morgan fingerprint density at radius 1 is 1.11 bits per heavy atom. The van der Waals surface area contributed by atoms with E-state index in [2.05, 4.69) is 0 Å². The Bertz CT molecular complexity index is 309. The van der Waals surface area contributed by atoms with Crippen LogP contribution < -0.4 is 0 Å². The number of piperidine rings is 1. The summed E-state index contributed by atoms with van der Waals surface area (Å²) in [5.74, 6) is -0.141. The average Bonchev–Trinajstić information content (AvgIpc) is 3.13. The average molecular weight is 254 g/mol. The van der Waals surface area contributed by atoms with E-state index in [1.807, 2.05) is 4.90 Å². The number of carbonyl (C=O) groups is 2. The fourth-order valence-corrected chi connectivity index (χ4v) is 2.48. The van der Waals surface area contributed by atoms with E-state index in [4.69, 9.17) is 5.11 Å². The number of amides is 1. The second-order valence-corrected chi connectivity index (χ2v) is 5.45. The Balaban J connectivity index is 1.81. The van der Waals surface area contributed by atoms with E-state index in [9.17, 15) is 9.59 Å². The van der Waals surface area contributed by atoms with Crippen LogP contribution in [-0.4, -0.2) is 59.5 Å². The third-order valence-corrected chi connectivity index (χ3v) is 3.64. The van der Waals surface area contributed by atoms with E-state index in [-0.39, 0.29) is 19.0 Å². The first kappa shape index (κ1) is 13.3. The molecule has 1 aliphatic carbocycles. The van der Waals surface area contributed by atoms with Gasteiger partial charge in [0, 0.05) is 19.6 Å². The van der Waals surface area contributed by atoms with Crippen LogP contribution in [0.5, 0.6) is 0 Å². The highest BCUT2D eigenvalue weighted by atomic mass is 16.4. The number of rotatable bonds is 6. The molecule has 5 nitrogen and oxygen atoms in total. The molecule has 0 atom stereocenters. The second kappa shape index (κ2) is 6.18. The zero-order valence-electron chi connectivity index (χ0n) is 10.8. The van der Waals surface area contributed by atoms with Gasteiger partial charge in [0.2, 0.25) is 5.91 Å². The third kappa shape index (κ3) is 4.29. The summed E-state index contributed by atoms with van der Waals surface area (Å²) in [6.07, 6.45) is 5.70. The van der Waals surface area contributed by atoms with Crippen molar-refractivity contribution in [3.05, 3.63) is 0 Å². The lowest BCUT2D eigenvalue weighted by molar-refractivity contribution is -0.140. The topological polar surface area (TPSA) is 60.9 Å². The Labute approximate surface area is 108 Å². The van der Waals surface area contributed by atoms with Gasteiger partial charge in [0.25, 0.3) is 0 Å². The molecule has 1 amide bonds. The van der Waals surface area contributed by atoms with Crippen LogP contribution in [0.15, 0.2) is 0 Å². The van der Waals surface area contributed by atoms with Crippen LogP contribution in [0.1, 0.15) is 32.1 Å². The Morgan fingerprint density at radius 3 is 2.33 bits per heavy atom. The number of aliphatic carboxylic acids is 1. The van der Waals surface area contributed by atoms with Crippen molar-refractivity contribution < 1.29 is 14.7 Å². The molecule has 0 aromatic heterocycles. The van der Waals surface area contributed by atoms with Crippen molar-refractivity contribution in [3.8, 4) is 0 Å². The number of hydrogen-bond donors (Lipinski definition) is 1. The molecule has 1 saturated heterocycles. The smallest absolute Gasteiger partial charge is 0.317 e. The SMILES string of the molecule is O=C(O)CN(CC(=O)N1CCCCC1)CC1CC1. The van der Waals surface area contributed by atoms with Crippen molar-refractivity contribution in [2.75, 3.05) is 32.7 Å². The first-order chi connectivity index (χ1) is 8.65. The van der Waals surface area contributed by atoms with Crippen LogP contribution >= 0.6 is 0 Å². The standard InChI is InChI=1S/C13H22N2O3/c16-12(15-6-2-1-3-7-15)9-14(10-13(17)18)8-11-4-5-11/h11H,1-10H2,(H,17,18). The molecule has 1 aliphatic heterocycles. The van der Waals surface area contributed by atoms with Gasteiger partial charge in [-0.1, -0.05) is 0 Å². The predicted octanol–water partition coefficient (Wildman–Crippen LogP) is 0.795. The van der Waals surface area contributed by atoms with Gasteiger partial charge in [-0.3, -0.25) is 14.5 Å². The van der Waals surface area contributed by atoms with E-state index < -0.39 is 5.97 Å². The maximum Gasteiger partial charge on any atom is 0.317 e. The van der Waals surface area contributed by atoms with Crippen molar-refractivity contribution in [2.45, 2.75) is 32.1 Å². The zero-order chi connectivity index (χ0) is 13.0. The fourth-order valence-electron chi connectivity index (χ4n) is 2.48. The number of carboxylic acids is 1. The highest BCUT2D eigenvalue weighted by Gasteiger charge is 2.27. The second-order valence-electron chi connectivity index (χ2n) is 5.45. The van der Waals surface area contributed by atoms with E-state index >= 15 is 0 Å². The van der Waals surface area contributed by atoms with Crippen LogP contribution in [0.4, 0.5) is 0 Å². The van der Waals surface area contributed by atoms with Crippen LogP contribution in [-0.2, 0) is 9.59 Å². The van der Waals surface area contributed by atoms with Crippen molar-refractivity contribution in [2.24, 2.45) is 5.92 Å². The molecule has 1 heterocycles. The first-order valence-electron chi connectivity index (χ1n) is 6.87. The summed E-state index contributed by atoms with van der Waals surface area (Å²) in [5, 5.41) is 8.87. The molecular formula is C13H22N2O3. The van der Waals surface area contributed by atoms with Gasteiger partial charge in [-0.05, 0) is 38.0 Å². The largest absolute Gasteiger partial charge is 0.480 e. The summed E-state index contributed by atoms with van der Waals surface area (Å²) in [4.78, 5) is 26.6. The molecule has 0 aromatic carbocycles. The maximum atomic E-state index is 12.1. The van der Waals surface area contributed by atoms with E-state index in [0.29, 0.717) is 5.92 Å². The molecular weight excluding hydrogens is 232 g/mol. The molecule has 1 N–H and O–H groups in total. The van der Waals surface area contributed by atoms with Crippen molar-refractivity contribution in [1.82, 2.24) is 9.80 Å². The van der Waals surface area contributed by atoms with Crippen LogP contribution in [0.25, 0.3) is 0 Å². The number of carbonyl (C=O) groups excluding carboxylic acids is 1. The van der Waals surface area contributed by atoms with Gasteiger partial charge in [0.15, 0.2) is 0 Å². The van der Waals surface area contributed by atoms with Gasteiger partial charge in [-0.2, -0.15) is 0 Å². The minimum Gasteiger partial charge on any atom is -0.480 e. The predicted molar refractivity (Wildman–Crippen MR) is 67.2 cm³/mol. The molecule has 2 aliphatic rings. The number of carboxylic acid groups (broad SMARTS) is 1. The maximum absolute atomic E-state index is 12.1. The van der Waals surface area contributed by atoms with E-state index in [0.717, 1.165) is 32.5 Å². The molecule has 1 saturated carbocycles. The van der Waals surface area contributed by atoms with Crippen LogP contribution in [0.3, 0.4) is 0 Å².